The van der Waals surface area contributed by atoms with Gasteiger partial charge in [0.2, 0.25) is 5.91 Å². The molecule has 3 amide bonds. The maximum Gasteiger partial charge on any atom is 0.319 e. The molecular weight excluding hydrogens is 354 g/mol. The van der Waals surface area contributed by atoms with Crippen molar-refractivity contribution in [3.63, 3.8) is 0 Å². The van der Waals surface area contributed by atoms with Crippen LogP contribution < -0.4 is 16.0 Å². The number of carbonyl (C=O) groups excluding carboxylic acids is 2. The van der Waals surface area contributed by atoms with E-state index < -0.39 is 0 Å². The van der Waals surface area contributed by atoms with Crippen molar-refractivity contribution in [2.75, 3.05) is 10.6 Å². The van der Waals surface area contributed by atoms with Crippen molar-refractivity contribution in [2.24, 2.45) is 5.92 Å². The van der Waals surface area contributed by atoms with Gasteiger partial charge in [0.15, 0.2) is 0 Å². The quantitative estimate of drug-likeness (QED) is 0.708. The number of nitrogens with one attached hydrogen (secondary N) is 3. The van der Waals surface area contributed by atoms with E-state index in [0.29, 0.717) is 17.9 Å². The number of urea groups is 1. The zero-order chi connectivity index (χ0) is 20.1. The highest BCUT2D eigenvalue weighted by Gasteiger charge is 2.22. The smallest absolute Gasteiger partial charge is 0.319 e. The van der Waals surface area contributed by atoms with E-state index in [1.54, 1.807) is 12.1 Å². The van der Waals surface area contributed by atoms with Gasteiger partial charge in [-0.05, 0) is 57.9 Å². The Labute approximate surface area is 165 Å². The molecule has 0 radical (unpaired) electrons. The molecule has 2 aromatic rings. The Morgan fingerprint density at radius 3 is 2.46 bits per heavy atom. The van der Waals surface area contributed by atoms with E-state index in [4.69, 9.17) is 0 Å². The van der Waals surface area contributed by atoms with Crippen LogP contribution in [-0.2, 0) is 11.3 Å². The van der Waals surface area contributed by atoms with Crippen molar-refractivity contribution in [3.8, 4) is 0 Å². The van der Waals surface area contributed by atoms with Crippen LogP contribution in [0.3, 0.4) is 0 Å². The molecule has 28 heavy (non-hydrogen) atoms. The second-order valence-electron chi connectivity index (χ2n) is 7.66. The molecule has 3 N–H and O–H groups in total. The molecule has 1 aliphatic carbocycles. The van der Waals surface area contributed by atoms with Crippen LogP contribution in [0.1, 0.15) is 44.0 Å². The van der Waals surface area contributed by atoms with Crippen molar-refractivity contribution < 1.29 is 9.59 Å². The Hall–Kier alpha value is -2.83. The van der Waals surface area contributed by atoms with Crippen LogP contribution >= 0.6 is 0 Å². The van der Waals surface area contributed by atoms with Gasteiger partial charge in [-0.15, -0.1) is 0 Å². The van der Waals surface area contributed by atoms with Gasteiger partial charge >= 0.3 is 6.03 Å². The van der Waals surface area contributed by atoms with Gasteiger partial charge in [0, 0.05) is 29.0 Å². The minimum Gasteiger partial charge on any atom is -0.334 e. The zero-order valence-corrected chi connectivity index (χ0v) is 16.8. The number of aryl methyl sites for hydroxylation is 2. The molecular formula is C21H29N5O2. The fourth-order valence-corrected chi connectivity index (χ4v) is 3.66. The Bertz CT molecular complexity index is 839. The Morgan fingerprint density at radius 2 is 1.82 bits per heavy atom. The molecule has 1 aromatic carbocycles. The Morgan fingerprint density at radius 1 is 1.14 bits per heavy atom. The van der Waals surface area contributed by atoms with Gasteiger partial charge in [0.1, 0.15) is 0 Å². The first-order valence-electron chi connectivity index (χ1n) is 9.90. The van der Waals surface area contributed by atoms with Crippen LogP contribution in [0.25, 0.3) is 0 Å². The van der Waals surface area contributed by atoms with E-state index in [2.05, 4.69) is 21.0 Å². The summed E-state index contributed by atoms with van der Waals surface area (Å²) in [6.45, 7) is 6.49. The maximum atomic E-state index is 12.3. The topological polar surface area (TPSA) is 88.0 Å². The molecule has 7 nitrogen and oxygen atoms in total. The fourth-order valence-electron chi connectivity index (χ4n) is 3.66. The third kappa shape index (κ3) is 5.34. The summed E-state index contributed by atoms with van der Waals surface area (Å²) in [4.78, 5) is 24.6. The minimum atomic E-state index is -0.284. The van der Waals surface area contributed by atoms with E-state index >= 15 is 0 Å². The van der Waals surface area contributed by atoms with Crippen LogP contribution in [0.4, 0.5) is 16.2 Å². The third-order valence-electron chi connectivity index (χ3n) is 5.04. The van der Waals surface area contributed by atoms with E-state index in [9.17, 15) is 9.59 Å². The number of aromatic nitrogens is 2. The Kier molecular flexibility index (Phi) is 6.34. The molecule has 0 saturated heterocycles. The lowest BCUT2D eigenvalue weighted by Gasteiger charge is -2.16. The monoisotopic (exact) mass is 383 g/mol. The molecule has 0 bridgehead atoms. The summed E-state index contributed by atoms with van der Waals surface area (Å²) >= 11 is 0. The highest BCUT2D eigenvalue weighted by Crippen LogP contribution is 2.26. The molecule has 7 heteroatoms. The SMILES string of the molecule is Cc1cc(C)n(C[C@H](C)NC(=O)Nc2cccc(NC(=O)C3CCCC3)c2)n1. The van der Waals surface area contributed by atoms with Crippen molar-refractivity contribution in [1.29, 1.82) is 0 Å². The number of amides is 3. The summed E-state index contributed by atoms with van der Waals surface area (Å²) in [5, 5.41) is 13.1. The predicted octanol–water partition coefficient (Wildman–Crippen LogP) is 3.84. The standard InChI is InChI=1S/C21H29N5O2/c1-14-11-16(3)26(25-14)13-15(2)22-21(28)24-19-10-6-9-18(12-19)23-20(27)17-7-4-5-8-17/h6,9-12,15,17H,4-5,7-8,13H2,1-3H3,(H,23,27)(H2,22,24,28)/t15-/m0/s1. The molecule has 1 aliphatic rings. The molecule has 1 atom stereocenters. The first kappa shape index (κ1) is 19.9. The molecule has 0 spiro atoms. The van der Waals surface area contributed by atoms with Crippen molar-refractivity contribution in [1.82, 2.24) is 15.1 Å². The average Bonchev–Trinajstić information content (AvgIpc) is 3.25. The van der Waals surface area contributed by atoms with Crippen LogP contribution in [-0.4, -0.2) is 27.8 Å². The van der Waals surface area contributed by atoms with Crippen molar-refractivity contribution in [2.45, 2.75) is 59.0 Å². The van der Waals surface area contributed by atoms with Gasteiger partial charge in [-0.25, -0.2) is 4.79 Å². The van der Waals surface area contributed by atoms with Gasteiger partial charge in [0.05, 0.1) is 12.2 Å². The lowest BCUT2D eigenvalue weighted by atomic mass is 10.1. The fraction of sp³-hybridized carbons (Fsp3) is 0.476. The molecule has 1 saturated carbocycles. The molecule has 0 unspecified atom stereocenters. The maximum absolute atomic E-state index is 12.3. The molecule has 1 aromatic heterocycles. The first-order valence-corrected chi connectivity index (χ1v) is 9.90. The largest absolute Gasteiger partial charge is 0.334 e. The van der Waals surface area contributed by atoms with Crippen molar-refractivity contribution in [3.05, 3.63) is 41.7 Å². The second-order valence-corrected chi connectivity index (χ2v) is 7.66. The Balaban J connectivity index is 1.52. The van der Waals surface area contributed by atoms with E-state index in [1.807, 2.05) is 43.7 Å². The number of hydrogen-bond acceptors (Lipinski definition) is 3. The van der Waals surface area contributed by atoms with Gasteiger partial charge in [-0.1, -0.05) is 18.9 Å². The molecule has 0 aliphatic heterocycles. The van der Waals surface area contributed by atoms with Crippen LogP contribution in [0.5, 0.6) is 0 Å². The zero-order valence-electron chi connectivity index (χ0n) is 16.8. The average molecular weight is 383 g/mol. The third-order valence-corrected chi connectivity index (χ3v) is 5.04. The van der Waals surface area contributed by atoms with E-state index in [1.165, 1.54) is 0 Å². The summed E-state index contributed by atoms with van der Waals surface area (Å²) < 4.78 is 1.89. The molecule has 150 valence electrons. The van der Waals surface area contributed by atoms with Gasteiger partial charge in [-0.3, -0.25) is 9.48 Å². The van der Waals surface area contributed by atoms with Crippen LogP contribution in [0.15, 0.2) is 30.3 Å². The number of carbonyl (C=O) groups is 2. The lowest BCUT2D eigenvalue weighted by Crippen LogP contribution is -2.39. The molecule has 3 rings (SSSR count). The number of anilines is 2. The lowest BCUT2D eigenvalue weighted by molar-refractivity contribution is -0.119. The summed E-state index contributed by atoms with van der Waals surface area (Å²) in [5.41, 5.74) is 3.37. The van der Waals surface area contributed by atoms with E-state index in [0.717, 1.165) is 37.1 Å². The van der Waals surface area contributed by atoms with Gasteiger partial charge in [-0.2, -0.15) is 5.10 Å². The highest BCUT2D eigenvalue weighted by atomic mass is 16.2. The number of hydrogen-bond donors (Lipinski definition) is 3. The van der Waals surface area contributed by atoms with Gasteiger partial charge in [0.25, 0.3) is 0 Å². The molecule has 1 heterocycles. The predicted molar refractivity (Wildman–Crippen MR) is 110 cm³/mol. The number of rotatable bonds is 6. The van der Waals surface area contributed by atoms with E-state index in [-0.39, 0.29) is 23.9 Å². The summed E-state index contributed by atoms with van der Waals surface area (Å²) in [6, 6.07) is 8.88. The minimum absolute atomic E-state index is 0.0672. The highest BCUT2D eigenvalue weighted by molar-refractivity contribution is 5.94. The van der Waals surface area contributed by atoms with Crippen molar-refractivity contribution >= 4 is 23.3 Å². The van der Waals surface area contributed by atoms with Crippen LogP contribution in [0.2, 0.25) is 0 Å². The second kappa shape index (κ2) is 8.91. The number of nitrogens with zero attached hydrogens (tertiary/aromatic N) is 2. The summed E-state index contributed by atoms with van der Waals surface area (Å²) in [5.74, 6) is 0.174. The summed E-state index contributed by atoms with van der Waals surface area (Å²) in [6.07, 6.45) is 4.16. The molecule has 1 fully saturated rings. The van der Waals surface area contributed by atoms with Gasteiger partial charge < -0.3 is 16.0 Å². The van der Waals surface area contributed by atoms with Crippen LogP contribution in [0, 0.1) is 19.8 Å². The normalized spacial score (nSPS) is 15.2. The first-order chi connectivity index (χ1) is 13.4. The number of benzene rings is 1. The summed E-state index contributed by atoms with van der Waals surface area (Å²) in [7, 11) is 0.